The molecule has 0 radical (unpaired) electrons. The second kappa shape index (κ2) is 31.3. The van der Waals surface area contributed by atoms with Crippen LogP contribution in [0.4, 0.5) is 68.2 Å². The van der Waals surface area contributed by atoms with Crippen LogP contribution >= 0.6 is 0 Å². The number of para-hydroxylation sites is 10. The molecule has 14 aromatic carbocycles. The van der Waals surface area contributed by atoms with E-state index in [0.717, 1.165) is 176 Å². The van der Waals surface area contributed by atoms with Gasteiger partial charge in [-0.15, -0.1) is 0 Å². The number of rotatable bonds is 21. The maximum atomic E-state index is 9.90. The van der Waals surface area contributed by atoms with Crippen LogP contribution < -0.4 is 29.1 Å². The van der Waals surface area contributed by atoms with Crippen LogP contribution in [0.15, 0.2) is 352 Å². The number of ether oxygens (including phenoxy) is 2. The molecule has 0 spiro atoms. The third kappa shape index (κ3) is 13.6. The zero-order chi connectivity index (χ0) is 85.0. The quantitative estimate of drug-likeness (QED) is 0.0667. The van der Waals surface area contributed by atoms with Gasteiger partial charge >= 0.3 is 12.0 Å². The van der Waals surface area contributed by atoms with Gasteiger partial charge in [-0.05, 0) is 318 Å². The lowest BCUT2D eigenvalue weighted by Crippen LogP contribution is -2.51. The summed E-state index contributed by atoms with van der Waals surface area (Å²) in [7, 11) is 0. The molecule has 8 saturated carbocycles. The van der Waals surface area contributed by atoms with Gasteiger partial charge in [0.05, 0.1) is 33.4 Å². The highest BCUT2D eigenvalue weighted by molar-refractivity contribution is 6.14. The van der Waals surface area contributed by atoms with Gasteiger partial charge in [0, 0.05) is 101 Å². The van der Waals surface area contributed by atoms with E-state index in [9.17, 15) is 10.5 Å². The zero-order valence-electron chi connectivity index (χ0n) is 70.5. The van der Waals surface area contributed by atoms with Gasteiger partial charge in [-0.2, -0.15) is 35.4 Å². The van der Waals surface area contributed by atoms with Crippen LogP contribution in [-0.4, -0.2) is 39.0 Å². The van der Waals surface area contributed by atoms with Crippen molar-refractivity contribution < 1.29 is 9.47 Å². The summed E-state index contributed by atoms with van der Waals surface area (Å²) in [6.45, 7) is 0. The Morgan fingerprint density at radius 2 is 0.531 bits per heavy atom. The predicted octanol–water partition coefficient (Wildman–Crippen LogP) is 28.1. The molecule has 0 saturated heterocycles. The minimum absolute atomic E-state index is 0.0416. The summed E-state index contributed by atoms with van der Waals surface area (Å²) in [5, 5.41) is 23.9. The van der Waals surface area contributed by atoms with E-state index >= 15 is 0 Å². The molecule has 8 aliphatic carbocycles. The average Bonchev–Trinajstić information content (AvgIpc) is 1.74. The molecule has 618 valence electrons. The fourth-order valence-electron chi connectivity index (χ4n) is 23.8. The summed E-state index contributed by atoms with van der Waals surface area (Å²) < 4.78 is 18.6. The third-order valence-corrected chi connectivity index (χ3v) is 28.2. The predicted molar refractivity (Wildman–Crippen MR) is 508 cm³/mol. The Kier molecular flexibility index (Phi) is 18.6. The molecule has 4 heterocycles. The Bertz CT molecular complexity index is 7160. The van der Waals surface area contributed by atoms with E-state index in [-0.39, 0.29) is 28.5 Å². The molecule has 26 rings (SSSR count). The molecule has 0 atom stereocenters. The Labute approximate surface area is 742 Å². The van der Waals surface area contributed by atoms with Gasteiger partial charge in [0.15, 0.2) is 11.5 Å². The average molecular weight is 1660 g/mol. The van der Waals surface area contributed by atoms with E-state index in [1.165, 1.54) is 77.0 Å². The monoisotopic (exact) mass is 1660 g/mol. The van der Waals surface area contributed by atoms with Gasteiger partial charge in [0.2, 0.25) is 11.6 Å². The second-order valence-corrected chi connectivity index (χ2v) is 36.2. The number of benzene rings is 14. The van der Waals surface area contributed by atoms with E-state index < -0.39 is 0 Å². The van der Waals surface area contributed by atoms with E-state index in [1.807, 2.05) is 48.5 Å². The van der Waals surface area contributed by atoms with Gasteiger partial charge in [0.25, 0.3) is 0 Å². The SMILES string of the molecule is N#Cc1nc(C#N)nc(Oc2ccccc2-n2c3ccc(N(c4ccccc4)c4ccccc4)cc3c3cc(N(c4ccccc4)c4cccc(-c5ccc(N(c6ccccc6)c6ccc7c(c6)c6cc(N(c8ccccc8)c8ccccc8)ccc6n7-c6ccccc6Oc6nc(C78CC9CC(CC(C9)C7)C8)nc(C78CC9CC(CC(C9)C7)C8)n6)cc5)c4)ccc32)n1. The first-order valence-electron chi connectivity index (χ1n) is 44.9. The number of anilines is 12. The number of fused-ring (bicyclic) bond motifs is 6. The molecule has 8 aliphatic rings. The minimum Gasteiger partial charge on any atom is -0.422 e. The summed E-state index contributed by atoms with van der Waals surface area (Å²) in [6.07, 6.45) is 15.1. The molecule has 0 aliphatic heterocycles. The normalized spacial score (nSPS) is 19.9. The molecule has 0 unspecified atom stereocenters. The van der Waals surface area contributed by atoms with Crippen LogP contribution in [0.5, 0.6) is 23.5 Å². The maximum absolute atomic E-state index is 9.90. The van der Waals surface area contributed by atoms with Crippen LogP contribution in [-0.2, 0) is 10.8 Å². The van der Waals surface area contributed by atoms with Crippen LogP contribution in [0.2, 0.25) is 0 Å². The largest absolute Gasteiger partial charge is 0.422 e. The molecule has 16 nitrogen and oxygen atoms in total. The maximum Gasteiger partial charge on any atom is 0.327 e. The Balaban J connectivity index is 0.617. The molecule has 0 N–H and O–H groups in total. The van der Waals surface area contributed by atoms with Crippen molar-refractivity contribution in [2.45, 2.75) is 87.9 Å². The lowest BCUT2D eigenvalue weighted by molar-refractivity contribution is -0.0161. The summed E-state index contributed by atoms with van der Waals surface area (Å²) in [4.78, 5) is 38.9. The van der Waals surface area contributed by atoms with E-state index in [2.05, 4.69) is 359 Å². The molecule has 18 aromatic rings. The second-order valence-electron chi connectivity index (χ2n) is 36.2. The molecular formula is C112H88N14O2. The first-order chi connectivity index (χ1) is 63.1. The van der Waals surface area contributed by atoms with E-state index in [0.29, 0.717) is 23.2 Å². The van der Waals surface area contributed by atoms with E-state index in [1.54, 1.807) is 0 Å². The van der Waals surface area contributed by atoms with E-state index in [4.69, 9.17) is 24.4 Å². The van der Waals surface area contributed by atoms with Crippen LogP contribution in [0.25, 0.3) is 66.1 Å². The fraction of sp³-hybridized carbons (Fsp3) is 0.179. The van der Waals surface area contributed by atoms with Crippen LogP contribution in [0.3, 0.4) is 0 Å². The summed E-state index contributed by atoms with van der Waals surface area (Å²) >= 11 is 0. The highest BCUT2D eigenvalue weighted by Gasteiger charge is 2.57. The molecule has 128 heavy (non-hydrogen) atoms. The smallest absolute Gasteiger partial charge is 0.327 e. The molecule has 4 aromatic heterocycles. The van der Waals surface area contributed by atoms with Crippen molar-refractivity contribution in [2.24, 2.45) is 35.5 Å². The number of hydrogen-bond acceptors (Lipinski definition) is 14. The van der Waals surface area contributed by atoms with Crippen molar-refractivity contribution >= 4 is 112 Å². The summed E-state index contributed by atoms with van der Waals surface area (Å²) in [5.74, 6) is 7.10. The van der Waals surface area contributed by atoms with Gasteiger partial charge < -0.3 is 38.2 Å². The minimum atomic E-state index is -0.224. The Hall–Kier alpha value is -15.5. The van der Waals surface area contributed by atoms with Gasteiger partial charge in [0.1, 0.15) is 23.8 Å². The van der Waals surface area contributed by atoms with Crippen molar-refractivity contribution in [3.05, 3.63) is 375 Å². The fourth-order valence-corrected chi connectivity index (χ4v) is 23.8. The highest BCUT2D eigenvalue weighted by Crippen LogP contribution is 2.63. The molecule has 8 fully saturated rings. The highest BCUT2D eigenvalue weighted by atomic mass is 16.5. The summed E-state index contributed by atoms with van der Waals surface area (Å²) in [5.41, 5.74) is 19.5. The summed E-state index contributed by atoms with van der Waals surface area (Å²) in [6, 6.07) is 129. The van der Waals surface area contributed by atoms with Crippen molar-refractivity contribution in [1.82, 2.24) is 39.0 Å². The number of nitriles is 2. The van der Waals surface area contributed by atoms with Crippen molar-refractivity contribution in [1.29, 1.82) is 10.5 Å². The molecule has 8 bridgehead atoms. The number of nitrogens with zero attached hydrogens (tertiary/aromatic N) is 14. The van der Waals surface area contributed by atoms with Gasteiger partial charge in [-0.25, -0.2) is 4.98 Å². The Morgan fingerprint density at radius 1 is 0.258 bits per heavy atom. The van der Waals surface area contributed by atoms with Crippen molar-refractivity contribution in [3.63, 3.8) is 0 Å². The molecule has 0 amide bonds. The number of aromatic nitrogens is 8. The Morgan fingerprint density at radius 3 is 0.859 bits per heavy atom. The van der Waals surface area contributed by atoms with Crippen LogP contribution in [0, 0.1) is 58.2 Å². The standard InChI is InChI=1S/C112H88N14O2/c113-71-105-115-106(72-114)117-109(116-105)127-103-40-21-19-38-101(103)125-98-51-47-90(122(83-29-11-3-12-30-83)84-31-13-4-14-32-84)62-94(98)96-64-92(49-53-100(96)125)124(86-35-17-6-18-36-86)88-37-23-24-80(60-88)79-42-44-87(45-43-79)123(85-33-15-5-16-34-85)91-48-52-99-95(63-91)93-61-89(121(81-25-7-1-8-26-81)82-27-9-2-10-28-82)46-50-97(93)126(99)102-39-20-22-41-104(102)128-110-119-107(111-65-73-54-74(66-111)56-75(55-73)67-111)118-108(120-110)112-68-76-57-77(69-112)59-78(58-76)70-112/h1-53,60-64,73-78H,54-59,65-70H2. The zero-order valence-corrected chi connectivity index (χ0v) is 70.5. The van der Waals surface area contributed by atoms with Crippen molar-refractivity contribution in [2.75, 3.05) is 19.6 Å². The molecule has 16 heteroatoms. The van der Waals surface area contributed by atoms with Gasteiger partial charge in [-0.1, -0.05) is 158 Å². The first-order valence-corrected chi connectivity index (χ1v) is 44.9. The topological polar surface area (TPSA) is 166 Å². The number of hydrogen-bond donors (Lipinski definition) is 0. The van der Waals surface area contributed by atoms with Crippen LogP contribution in [0.1, 0.15) is 100 Å². The lowest BCUT2D eigenvalue weighted by atomic mass is 9.49. The third-order valence-electron chi connectivity index (χ3n) is 28.2. The first kappa shape index (κ1) is 76.2. The van der Waals surface area contributed by atoms with Gasteiger partial charge in [-0.3, -0.25) is 0 Å². The lowest BCUT2D eigenvalue weighted by Gasteiger charge is -2.57. The molecular weight excluding hydrogens is 1570 g/mol. The van der Waals surface area contributed by atoms with Crippen molar-refractivity contribution in [3.8, 4) is 58.2 Å².